The SMILES string of the molecule is COc1cccc(-c2nn(C(C)(C)C)cc2CN(C)CC(O)C2CC2)c1. The number of aliphatic hydroxyl groups excluding tert-OH is 1. The molecule has 2 aromatic rings. The molecule has 1 aliphatic carbocycles. The van der Waals surface area contributed by atoms with E-state index >= 15 is 0 Å². The molecular formula is C21H31N3O2. The fourth-order valence-corrected chi connectivity index (χ4v) is 3.19. The van der Waals surface area contributed by atoms with Crippen LogP contribution < -0.4 is 4.74 Å². The number of hydrogen-bond acceptors (Lipinski definition) is 4. The zero-order chi connectivity index (χ0) is 18.9. The summed E-state index contributed by atoms with van der Waals surface area (Å²) in [6.45, 7) is 7.91. The fourth-order valence-electron chi connectivity index (χ4n) is 3.19. The van der Waals surface area contributed by atoms with E-state index in [9.17, 15) is 5.11 Å². The van der Waals surface area contributed by atoms with Gasteiger partial charge in [-0.2, -0.15) is 5.10 Å². The number of nitrogens with zero attached hydrogens (tertiary/aromatic N) is 3. The van der Waals surface area contributed by atoms with E-state index in [1.165, 1.54) is 5.56 Å². The van der Waals surface area contributed by atoms with Crippen LogP contribution in [0.15, 0.2) is 30.5 Å². The summed E-state index contributed by atoms with van der Waals surface area (Å²) in [6.07, 6.45) is 4.23. The summed E-state index contributed by atoms with van der Waals surface area (Å²) in [5.74, 6) is 1.32. The molecule has 1 saturated carbocycles. The summed E-state index contributed by atoms with van der Waals surface area (Å²) in [7, 11) is 3.75. The van der Waals surface area contributed by atoms with Gasteiger partial charge in [-0.1, -0.05) is 12.1 Å². The number of aliphatic hydroxyl groups is 1. The van der Waals surface area contributed by atoms with Gasteiger partial charge < -0.3 is 9.84 Å². The Morgan fingerprint density at radius 1 is 1.35 bits per heavy atom. The first-order chi connectivity index (χ1) is 12.3. The van der Waals surface area contributed by atoms with Gasteiger partial charge in [0.15, 0.2) is 0 Å². The van der Waals surface area contributed by atoms with Crippen molar-refractivity contribution in [2.24, 2.45) is 5.92 Å². The Hall–Kier alpha value is -1.85. The third kappa shape index (κ3) is 4.46. The third-order valence-electron chi connectivity index (χ3n) is 4.93. The minimum atomic E-state index is -0.224. The third-order valence-corrected chi connectivity index (χ3v) is 4.93. The van der Waals surface area contributed by atoms with Gasteiger partial charge in [0.25, 0.3) is 0 Å². The Morgan fingerprint density at radius 2 is 2.08 bits per heavy atom. The number of aromatic nitrogens is 2. The monoisotopic (exact) mass is 357 g/mol. The number of hydrogen-bond donors (Lipinski definition) is 1. The molecule has 1 fully saturated rings. The number of rotatable bonds is 7. The van der Waals surface area contributed by atoms with Gasteiger partial charge >= 0.3 is 0 Å². The molecule has 1 unspecified atom stereocenters. The molecule has 5 heteroatoms. The van der Waals surface area contributed by atoms with Crippen molar-refractivity contribution in [2.45, 2.75) is 51.8 Å². The van der Waals surface area contributed by atoms with Gasteiger partial charge in [0.2, 0.25) is 0 Å². The summed E-state index contributed by atoms with van der Waals surface area (Å²) in [5.41, 5.74) is 3.11. The van der Waals surface area contributed by atoms with Crippen LogP contribution in [0.3, 0.4) is 0 Å². The maximum Gasteiger partial charge on any atom is 0.119 e. The number of likely N-dealkylation sites (N-methyl/N-ethyl adjacent to an activating group) is 1. The largest absolute Gasteiger partial charge is 0.497 e. The lowest BCUT2D eigenvalue weighted by Crippen LogP contribution is -2.30. The minimum absolute atomic E-state index is 0.0854. The standard InChI is InChI=1S/C21H31N3O2/c1-21(2,3)24-13-17(12-23(4)14-19(25)15-9-10-15)20(22-24)16-7-6-8-18(11-16)26-5/h6-8,11,13,15,19,25H,9-10,12,14H2,1-5H3. The summed E-state index contributed by atoms with van der Waals surface area (Å²) in [6, 6.07) is 8.04. The molecule has 1 aromatic carbocycles. The fraction of sp³-hybridized carbons (Fsp3) is 0.571. The quantitative estimate of drug-likeness (QED) is 0.824. The molecule has 5 nitrogen and oxygen atoms in total. The lowest BCUT2D eigenvalue weighted by molar-refractivity contribution is 0.104. The molecule has 142 valence electrons. The molecule has 26 heavy (non-hydrogen) atoms. The lowest BCUT2D eigenvalue weighted by atomic mass is 10.1. The molecule has 0 radical (unpaired) electrons. The highest BCUT2D eigenvalue weighted by molar-refractivity contribution is 5.64. The van der Waals surface area contributed by atoms with Crippen LogP contribution in [0.1, 0.15) is 39.2 Å². The Kier molecular flexibility index (Phi) is 5.39. The Bertz CT molecular complexity index is 744. The van der Waals surface area contributed by atoms with Crippen molar-refractivity contribution in [3.05, 3.63) is 36.0 Å². The van der Waals surface area contributed by atoms with Crippen molar-refractivity contribution < 1.29 is 9.84 Å². The van der Waals surface area contributed by atoms with Crippen LogP contribution in [0.5, 0.6) is 5.75 Å². The first kappa shape index (κ1) is 18.9. The Morgan fingerprint density at radius 3 is 2.69 bits per heavy atom. The molecule has 1 heterocycles. The highest BCUT2D eigenvalue weighted by Crippen LogP contribution is 2.33. The summed E-state index contributed by atoms with van der Waals surface area (Å²) in [4.78, 5) is 2.19. The van der Waals surface area contributed by atoms with E-state index in [1.807, 2.05) is 22.9 Å². The number of methoxy groups -OCH3 is 1. The van der Waals surface area contributed by atoms with Crippen molar-refractivity contribution in [3.8, 4) is 17.0 Å². The summed E-state index contributed by atoms with van der Waals surface area (Å²) >= 11 is 0. The lowest BCUT2D eigenvalue weighted by Gasteiger charge is -2.20. The van der Waals surface area contributed by atoms with Crippen LogP contribution in [-0.4, -0.2) is 46.6 Å². The molecule has 1 atom stereocenters. The highest BCUT2D eigenvalue weighted by Gasteiger charge is 2.30. The van der Waals surface area contributed by atoms with Crippen molar-refractivity contribution >= 4 is 0 Å². The van der Waals surface area contributed by atoms with Crippen LogP contribution >= 0.6 is 0 Å². The Balaban J connectivity index is 1.87. The summed E-state index contributed by atoms with van der Waals surface area (Å²) < 4.78 is 7.41. The summed E-state index contributed by atoms with van der Waals surface area (Å²) in [5, 5.41) is 15.1. The molecule has 0 bridgehead atoms. The van der Waals surface area contributed by atoms with Crippen molar-refractivity contribution in [2.75, 3.05) is 20.7 Å². The topological polar surface area (TPSA) is 50.5 Å². The number of benzene rings is 1. The van der Waals surface area contributed by atoms with Gasteiger partial charge in [0.1, 0.15) is 5.75 Å². The van der Waals surface area contributed by atoms with Gasteiger partial charge in [0, 0.05) is 30.4 Å². The molecule has 1 aromatic heterocycles. The zero-order valence-corrected chi connectivity index (χ0v) is 16.6. The van der Waals surface area contributed by atoms with Gasteiger partial charge in [-0.15, -0.1) is 0 Å². The van der Waals surface area contributed by atoms with Crippen LogP contribution in [0.25, 0.3) is 11.3 Å². The maximum absolute atomic E-state index is 10.2. The normalized spacial score (nSPS) is 16.1. The molecule has 0 amide bonds. The first-order valence-electron chi connectivity index (χ1n) is 9.38. The molecule has 0 saturated heterocycles. The molecule has 1 aliphatic rings. The van der Waals surface area contributed by atoms with Crippen molar-refractivity contribution in [1.29, 1.82) is 0 Å². The first-order valence-corrected chi connectivity index (χ1v) is 9.38. The van der Waals surface area contributed by atoms with E-state index < -0.39 is 0 Å². The predicted molar refractivity (Wildman–Crippen MR) is 104 cm³/mol. The second-order valence-electron chi connectivity index (χ2n) is 8.45. The van der Waals surface area contributed by atoms with Crippen LogP contribution in [0, 0.1) is 5.92 Å². The average molecular weight is 357 g/mol. The average Bonchev–Trinajstić information content (AvgIpc) is 3.35. The zero-order valence-electron chi connectivity index (χ0n) is 16.6. The molecule has 3 rings (SSSR count). The Labute approximate surface area is 156 Å². The van der Waals surface area contributed by atoms with E-state index in [-0.39, 0.29) is 11.6 Å². The van der Waals surface area contributed by atoms with Gasteiger partial charge in [-0.05, 0) is 58.7 Å². The number of ether oxygens (including phenoxy) is 1. The molecule has 0 aliphatic heterocycles. The van der Waals surface area contributed by atoms with E-state index in [0.717, 1.165) is 36.4 Å². The van der Waals surface area contributed by atoms with Gasteiger partial charge in [-0.25, -0.2) is 0 Å². The van der Waals surface area contributed by atoms with Gasteiger partial charge in [0.05, 0.1) is 24.4 Å². The second-order valence-corrected chi connectivity index (χ2v) is 8.45. The predicted octanol–water partition coefficient (Wildman–Crippen LogP) is 3.52. The molecular weight excluding hydrogens is 326 g/mol. The van der Waals surface area contributed by atoms with E-state index in [4.69, 9.17) is 9.84 Å². The van der Waals surface area contributed by atoms with Gasteiger partial charge in [-0.3, -0.25) is 9.58 Å². The van der Waals surface area contributed by atoms with Crippen LogP contribution in [-0.2, 0) is 12.1 Å². The van der Waals surface area contributed by atoms with E-state index in [1.54, 1.807) is 7.11 Å². The molecule has 0 spiro atoms. The smallest absolute Gasteiger partial charge is 0.119 e. The maximum atomic E-state index is 10.2. The van der Waals surface area contributed by atoms with E-state index in [0.29, 0.717) is 12.5 Å². The minimum Gasteiger partial charge on any atom is -0.497 e. The van der Waals surface area contributed by atoms with Crippen molar-refractivity contribution in [1.82, 2.24) is 14.7 Å². The van der Waals surface area contributed by atoms with Crippen molar-refractivity contribution in [3.63, 3.8) is 0 Å². The molecule has 1 N–H and O–H groups in total. The second kappa shape index (κ2) is 7.41. The van der Waals surface area contributed by atoms with Crippen LogP contribution in [0.2, 0.25) is 0 Å². The van der Waals surface area contributed by atoms with Crippen LogP contribution in [0.4, 0.5) is 0 Å². The van der Waals surface area contributed by atoms with E-state index in [2.05, 4.69) is 45.0 Å². The highest BCUT2D eigenvalue weighted by atomic mass is 16.5.